The Balaban J connectivity index is 2.06. The van der Waals surface area contributed by atoms with E-state index in [1.54, 1.807) is 0 Å². The Hall–Kier alpha value is -2.29. The Bertz CT molecular complexity index is 620. The maximum Gasteiger partial charge on any atom is 0.261 e. The van der Waals surface area contributed by atoms with Gasteiger partial charge in [0.15, 0.2) is 0 Å². The van der Waals surface area contributed by atoms with Crippen LogP contribution in [0.3, 0.4) is 0 Å². The number of nitrogens with zero attached hydrogens (tertiary/aromatic N) is 2. The molecule has 0 fully saturated rings. The van der Waals surface area contributed by atoms with Crippen molar-refractivity contribution in [2.75, 3.05) is 23.9 Å². The van der Waals surface area contributed by atoms with E-state index in [9.17, 15) is 4.79 Å². The number of hydrogen-bond donors (Lipinski definition) is 0. The number of para-hydroxylation sites is 1. The minimum absolute atomic E-state index is 0.0884. The van der Waals surface area contributed by atoms with E-state index in [1.165, 1.54) is 0 Å². The summed E-state index contributed by atoms with van der Waals surface area (Å²) in [4.78, 5) is 16.4. The van der Waals surface area contributed by atoms with E-state index >= 15 is 0 Å². The van der Waals surface area contributed by atoms with Gasteiger partial charge in [0, 0.05) is 25.5 Å². The number of hydrogen-bond acceptors (Lipinski definition) is 2. The van der Waals surface area contributed by atoms with Crippen molar-refractivity contribution in [1.29, 1.82) is 0 Å². The van der Waals surface area contributed by atoms with E-state index in [-0.39, 0.29) is 5.91 Å². The number of amides is 1. The molecule has 2 aromatic carbocycles. The highest BCUT2D eigenvalue weighted by molar-refractivity contribution is 6.13. The Morgan fingerprint density at radius 2 is 1.74 bits per heavy atom. The van der Waals surface area contributed by atoms with E-state index in [0.717, 1.165) is 22.5 Å². The molecule has 1 aliphatic rings. The molecule has 0 aromatic heterocycles. The molecular formula is C16H16N2O. The molecular weight excluding hydrogens is 236 g/mol. The first-order chi connectivity index (χ1) is 9.18. The highest BCUT2D eigenvalue weighted by Gasteiger charge is 2.31. The summed E-state index contributed by atoms with van der Waals surface area (Å²) in [7, 11) is 3.93. The largest absolute Gasteiger partial charge is 0.377 e. The number of benzene rings is 2. The quantitative estimate of drug-likeness (QED) is 0.820. The first kappa shape index (κ1) is 11.8. The smallest absolute Gasteiger partial charge is 0.261 e. The SMILES string of the molecule is CN(C)c1cccc2c1C(=O)N(c1ccccc1)C2. The summed E-state index contributed by atoms with van der Waals surface area (Å²) in [5, 5.41) is 0. The molecule has 3 heteroatoms. The molecule has 1 heterocycles. The Morgan fingerprint density at radius 3 is 2.42 bits per heavy atom. The molecule has 0 spiro atoms. The Morgan fingerprint density at radius 1 is 1.00 bits per heavy atom. The van der Waals surface area contributed by atoms with E-state index in [1.807, 2.05) is 72.4 Å². The normalized spacial score (nSPS) is 13.6. The Kier molecular flexibility index (Phi) is 2.75. The van der Waals surface area contributed by atoms with Gasteiger partial charge in [0.2, 0.25) is 0 Å². The molecule has 0 radical (unpaired) electrons. The van der Waals surface area contributed by atoms with Crippen molar-refractivity contribution < 1.29 is 4.79 Å². The van der Waals surface area contributed by atoms with Gasteiger partial charge in [-0.3, -0.25) is 4.79 Å². The van der Waals surface area contributed by atoms with Gasteiger partial charge >= 0.3 is 0 Å². The fourth-order valence-electron chi connectivity index (χ4n) is 2.53. The van der Waals surface area contributed by atoms with Crippen molar-refractivity contribution >= 4 is 17.3 Å². The predicted octanol–water partition coefficient (Wildman–Crippen LogP) is 2.91. The molecule has 19 heavy (non-hydrogen) atoms. The summed E-state index contributed by atoms with van der Waals surface area (Å²) in [6.07, 6.45) is 0. The maximum absolute atomic E-state index is 12.6. The summed E-state index contributed by atoms with van der Waals surface area (Å²) in [5.41, 5.74) is 3.87. The minimum atomic E-state index is 0.0884. The average molecular weight is 252 g/mol. The number of carbonyl (C=O) groups is 1. The van der Waals surface area contributed by atoms with Crippen molar-refractivity contribution in [1.82, 2.24) is 0 Å². The molecule has 2 aromatic rings. The summed E-state index contributed by atoms with van der Waals surface area (Å²) in [6, 6.07) is 15.8. The first-order valence-electron chi connectivity index (χ1n) is 6.34. The van der Waals surface area contributed by atoms with Crippen molar-refractivity contribution in [3.8, 4) is 0 Å². The second-order valence-electron chi connectivity index (χ2n) is 4.93. The fraction of sp³-hybridized carbons (Fsp3) is 0.188. The molecule has 0 saturated heterocycles. The number of fused-ring (bicyclic) bond motifs is 1. The van der Waals surface area contributed by atoms with Gasteiger partial charge < -0.3 is 9.80 Å². The third-order valence-electron chi connectivity index (χ3n) is 3.47. The van der Waals surface area contributed by atoms with Crippen LogP contribution in [0.2, 0.25) is 0 Å². The van der Waals surface area contributed by atoms with E-state index in [4.69, 9.17) is 0 Å². The third-order valence-corrected chi connectivity index (χ3v) is 3.47. The zero-order valence-corrected chi connectivity index (χ0v) is 11.1. The molecule has 0 bridgehead atoms. The molecule has 0 aliphatic carbocycles. The van der Waals surface area contributed by atoms with Crippen LogP contribution in [0, 0.1) is 0 Å². The summed E-state index contributed by atoms with van der Waals surface area (Å²) in [6.45, 7) is 0.653. The van der Waals surface area contributed by atoms with Gasteiger partial charge in [-0.2, -0.15) is 0 Å². The average Bonchev–Trinajstić information content (AvgIpc) is 2.77. The lowest BCUT2D eigenvalue weighted by molar-refractivity contribution is 0.0997. The predicted molar refractivity (Wildman–Crippen MR) is 77.7 cm³/mol. The highest BCUT2D eigenvalue weighted by Crippen LogP contribution is 2.33. The zero-order chi connectivity index (χ0) is 13.4. The van der Waals surface area contributed by atoms with Crippen molar-refractivity contribution in [3.63, 3.8) is 0 Å². The van der Waals surface area contributed by atoms with E-state index in [0.29, 0.717) is 6.54 Å². The van der Waals surface area contributed by atoms with Crippen LogP contribution >= 0.6 is 0 Å². The summed E-state index contributed by atoms with van der Waals surface area (Å²) in [5.74, 6) is 0.0884. The van der Waals surface area contributed by atoms with Gasteiger partial charge in [0.05, 0.1) is 12.1 Å². The van der Waals surface area contributed by atoms with Crippen molar-refractivity contribution in [2.45, 2.75) is 6.54 Å². The van der Waals surface area contributed by atoms with E-state index < -0.39 is 0 Å². The summed E-state index contributed by atoms with van der Waals surface area (Å²) >= 11 is 0. The number of carbonyl (C=O) groups excluding carboxylic acids is 1. The van der Waals surface area contributed by atoms with Crippen LogP contribution in [-0.4, -0.2) is 20.0 Å². The molecule has 1 amide bonds. The molecule has 3 nitrogen and oxygen atoms in total. The highest BCUT2D eigenvalue weighted by atomic mass is 16.2. The lowest BCUT2D eigenvalue weighted by Gasteiger charge is -2.17. The van der Waals surface area contributed by atoms with Gasteiger partial charge in [-0.15, -0.1) is 0 Å². The number of anilines is 2. The fourth-order valence-corrected chi connectivity index (χ4v) is 2.53. The van der Waals surface area contributed by atoms with Gasteiger partial charge in [-0.25, -0.2) is 0 Å². The maximum atomic E-state index is 12.6. The molecule has 0 N–H and O–H groups in total. The van der Waals surface area contributed by atoms with Crippen molar-refractivity contribution in [3.05, 3.63) is 59.7 Å². The first-order valence-corrected chi connectivity index (χ1v) is 6.34. The third kappa shape index (κ3) is 1.87. The lowest BCUT2D eigenvalue weighted by atomic mass is 10.1. The molecule has 96 valence electrons. The lowest BCUT2D eigenvalue weighted by Crippen LogP contribution is -2.24. The monoisotopic (exact) mass is 252 g/mol. The second-order valence-corrected chi connectivity index (χ2v) is 4.93. The van der Waals surface area contributed by atoms with Crippen LogP contribution in [0.25, 0.3) is 0 Å². The van der Waals surface area contributed by atoms with Crippen LogP contribution in [-0.2, 0) is 6.54 Å². The molecule has 0 atom stereocenters. The topological polar surface area (TPSA) is 23.6 Å². The van der Waals surface area contributed by atoms with E-state index in [2.05, 4.69) is 0 Å². The van der Waals surface area contributed by atoms with Crippen LogP contribution < -0.4 is 9.80 Å². The van der Waals surface area contributed by atoms with Gasteiger partial charge in [-0.05, 0) is 23.8 Å². The van der Waals surface area contributed by atoms with Crippen LogP contribution in [0.15, 0.2) is 48.5 Å². The van der Waals surface area contributed by atoms with Gasteiger partial charge in [0.1, 0.15) is 0 Å². The molecule has 0 unspecified atom stereocenters. The van der Waals surface area contributed by atoms with Crippen LogP contribution in [0.1, 0.15) is 15.9 Å². The standard InChI is InChI=1S/C16H16N2O/c1-17(2)14-10-6-7-12-11-18(16(19)15(12)14)13-8-4-3-5-9-13/h3-10H,11H2,1-2H3. The minimum Gasteiger partial charge on any atom is -0.377 e. The van der Waals surface area contributed by atoms with Gasteiger partial charge in [-0.1, -0.05) is 30.3 Å². The van der Waals surface area contributed by atoms with Crippen molar-refractivity contribution in [2.24, 2.45) is 0 Å². The molecule has 0 saturated carbocycles. The second kappa shape index (κ2) is 4.43. The number of rotatable bonds is 2. The zero-order valence-electron chi connectivity index (χ0n) is 11.1. The molecule has 1 aliphatic heterocycles. The summed E-state index contributed by atoms with van der Waals surface area (Å²) < 4.78 is 0. The molecule has 3 rings (SSSR count). The Labute approximate surface area is 113 Å². The van der Waals surface area contributed by atoms with Crippen LogP contribution in [0.4, 0.5) is 11.4 Å². The van der Waals surface area contributed by atoms with Crippen LogP contribution in [0.5, 0.6) is 0 Å². The van der Waals surface area contributed by atoms with Gasteiger partial charge in [0.25, 0.3) is 5.91 Å².